The van der Waals surface area contributed by atoms with E-state index in [2.05, 4.69) is 34.6 Å². The van der Waals surface area contributed by atoms with Gasteiger partial charge in [-0.1, -0.05) is 60.3 Å². The van der Waals surface area contributed by atoms with Crippen LogP contribution in [0.4, 0.5) is 0 Å². The zero-order valence-electron chi connectivity index (χ0n) is 10.3. The number of hydrogen-bond donors (Lipinski definition) is 0. The largest absolute Gasteiger partial charge is 0.0654 e. The second-order valence-corrected chi connectivity index (χ2v) is 5.52. The first-order valence-corrected chi connectivity index (χ1v) is 5.99. The first-order valence-electron chi connectivity index (χ1n) is 5.99. The van der Waals surface area contributed by atoms with E-state index in [0.29, 0.717) is 5.41 Å². The van der Waals surface area contributed by atoms with Crippen LogP contribution in [-0.4, -0.2) is 0 Å². The molecule has 0 fully saturated rings. The number of hydrogen-bond acceptors (Lipinski definition) is 0. The highest BCUT2D eigenvalue weighted by molar-refractivity contribution is 4.65. The second kappa shape index (κ2) is 6.45. The van der Waals surface area contributed by atoms with E-state index in [4.69, 9.17) is 0 Å². The summed E-state index contributed by atoms with van der Waals surface area (Å²) >= 11 is 0. The summed E-state index contributed by atoms with van der Waals surface area (Å²) in [6.07, 6.45) is 8.41. The van der Waals surface area contributed by atoms with Crippen molar-refractivity contribution >= 4 is 0 Å². The van der Waals surface area contributed by atoms with Crippen LogP contribution in [0.25, 0.3) is 0 Å². The maximum atomic E-state index is 2.35. The van der Waals surface area contributed by atoms with Crippen molar-refractivity contribution in [3.8, 4) is 0 Å². The zero-order chi connectivity index (χ0) is 10.3. The lowest BCUT2D eigenvalue weighted by atomic mass is 9.84. The molecule has 0 heteroatoms. The molecule has 0 rings (SSSR count). The van der Waals surface area contributed by atoms with E-state index >= 15 is 0 Å². The minimum absolute atomic E-state index is 0.527. The molecule has 0 N–H and O–H groups in total. The fourth-order valence-corrected chi connectivity index (χ4v) is 1.68. The molecule has 0 aromatic carbocycles. The lowest BCUT2D eigenvalue weighted by Gasteiger charge is -2.22. The van der Waals surface area contributed by atoms with Crippen molar-refractivity contribution in [1.82, 2.24) is 0 Å². The molecule has 0 aliphatic rings. The van der Waals surface area contributed by atoms with Crippen molar-refractivity contribution in [3.05, 3.63) is 0 Å². The Labute approximate surface area is 85.1 Å². The molecule has 0 aliphatic heterocycles. The average molecular weight is 184 g/mol. The molecule has 80 valence electrons. The summed E-state index contributed by atoms with van der Waals surface area (Å²) in [6.45, 7) is 11.7. The van der Waals surface area contributed by atoms with Gasteiger partial charge in [-0.05, 0) is 24.2 Å². The Morgan fingerprint density at radius 2 is 1.62 bits per heavy atom. The van der Waals surface area contributed by atoms with Gasteiger partial charge in [-0.3, -0.25) is 0 Å². The Morgan fingerprint density at radius 1 is 1.00 bits per heavy atom. The summed E-state index contributed by atoms with van der Waals surface area (Å²) in [7, 11) is 0. The Bertz CT molecular complexity index is 108. The molecular formula is C13H28. The van der Waals surface area contributed by atoms with Crippen LogP contribution >= 0.6 is 0 Å². The summed E-state index contributed by atoms with van der Waals surface area (Å²) < 4.78 is 0. The van der Waals surface area contributed by atoms with Crippen molar-refractivity contribution in [2.45, 2.75) is 73.1 Å². The van der Waals surface area contributed by atoms with E-state index in [1.165, 1.54) is 38.5 Å². The van der Waals surface area contributed by atoms with E-state index in [-0.39, 0.29) is 0 Å². The van der Waals surface area contributed by atoms with Gasteiger partial charge in [0.15, 0.2) is 0 Å². The zero-order valence-corrected chi connectivity index (χ0v) is 10.3. The van der Waals surface area contributed by atoms with E-state index in [1.54, 1.807) is 0 Å². The van der Waals surface area contributed by atoms with Gasteiger partial charge in [-0.2, -0.15) is 0 Å². The van der Waals surface area contributed by atoms with Gasteiger partial charge in [0.2, 0.25) is 0 Å². The molecule has 0 aromatic rings. The molecule has 0 aromatic heterocycles. The standard InChI is InChI=1S/C13H28/c1-6-8-9-12(7-2)10-11-13(3,4)5/h12H,6-11H2,1-5H3. The number of rotatable bonds is 6. The Kier molecular flexibility index (Phi) is 6.45. The lowest BCUT2D eigenvalue weighted by Crippen LogP contribution is -2.09. The topological polar surface area (TPSA) is 0 Å². The molecule has 0 nitrogen and oxygen atoms in total. The van der Waals surface area contributed by atoms with Crippen molar-refractivity contribution < 1.29 is 0 Å². The molecular weight excluding hydrogens is 156 g/mol. The van der Waals surface area contributed by atoms with E-state index in [9.17, 15) is 0 Å². The van der Waals surface area contributed by atoms with Gasteiger partial charge in [0.05, 0.1) is 0 Å². The van der Waals surface area contributed by atoms with Crippen LogP contribution in [0.2, 0.25) is 0 Å². The predicted molar refractivity (Wildman–Crippen MR) is 62.0 cm³/mol. The maximum absolute atomic E-state index is 2.35. The molecule has 0 bridgehead atoms. The molecule has 0 spiro atoms. The summed E-state index contributed by atoms with van der Waals surface area (Å²) in [5.41, 5.74) is 0.527. The summed E-state index contributed by atoms with van der Waals surface area (Å²) in [5, 5.41) is 0. The SMILES string of the molecule is CCCCC(CC)CCC(C)(C)C. The fourth-order valence-electron chi connectivity index (χ4n) is 1.68. The summed E-state index contributed by atoms with van der Waals surface area (Å²) in [6, 6.07) is 0. The van der Waals surface area contributed by atoms with Crippen molar-refractivity contribution in [3.63, 3.8) is 0 Å². The van der Waals surface area contributed by atoms with Crippen molar-refractivity contribution in [2.24, 2.45) is 11.3 Å². The molecule has 1 unspecified atom stereocenters. The van der Waals surface area contributed by atoms with Crippen molar-refractivity contribution in [2.75, 3.05) is 0 Å². The highest BCUT2D eigenvalue weighted by Crippen LogP contribution is 2.27. The third kappa shape index (κ3) is 8.33. The van der Waals surface area contributed by atoms with Gasteiger partial charge in [-0.15, -0.1) is 0 Å². The van der Waals surface area contributed by atoms with Gasteiger partial charge < -0.3 is 0 Å². The van der Waals surface area contributed by atoms with Crippen LogP contribution in [0.5, 0.6) is 0 Å². The van der Waals surface area contributed by atoms with Gasteiger partial charge in [-0.25, -0.2) is 0 Å². The molecule has 0 saturated heterocycles. The quantitative estimate of drug-likeness (QED) is 0.543. The third-order valence-corrected chi connectivity index (χ3v) is 2.85. The minimum atomic E-state index is 0.527. The Balaban J connectivity index is 3.59. The molecule has 0 aliphatic carbocycles. The smallest absolute Gasteiger partial charge is 0.0383 e. The van der Waals surface area contributed by atoms with Crippen LogP contribution in [0.15, 0.2) is 0 Å². The molecule has 13 heavy (non-hydrogen) atoms. The van der Waals surface area contributed by atoms with Crippen LogP contribution < -0.4 is 0 Å². The first-order chi connectivity index (χ1) is 5.99. The predicted octanol–water partition coefficient (Wildman–Crippen LogP) is 5.03. The molecule has 1 atom stereocenters. The summed E-state index contributed by atoms with van der Waals surface area (Å²) in [5.74, 6) is 0.985. The molecule has 0 saturated carbocycles. The van der Waals surface area contributed by atoms with E-state index in [1.807, 2.05) is 0 Å². The second-order valence-electron chi connectivity index (χ2n) is 5.52. The van der Waals surface area contributed by atoms with Crippen LogP contribution in [0.3, 0.4) is 0 Å². The minimum Gasteiger partial charge on any atom is -0.0654 e. The number of unbranched alkanes of at least 4 members (excludes halogenated alkanes) is 1. The first kappa shape index (κ1) is 13.0. The van der Waals surface area contributed by atoms with Gasteiger partial charge in [0.1, 0.15) is 0 Å². The van der Waals surface area contributed by atoms with Gasteiger partial charge >= 0.3 is 0 Å². The average Bonchev–Trinajstić information content (AvgIpc) is 2.03. The molecule has 0 radical (unpaired) electrons. The van der Waals surface area contributed by atoms with E-state index < -0.39 is 0 Å². The van der Waals surface area contributed by atoms with E-state index in [0.717, 1.165) is 5.92 Å². The summed E-state index contributed by atoms with van der Waals surface area (Å²) in [4.78, 5) is 0. The van der Waals surface area contributed by atoms with Crippen LogP contribution in [-0.2, 0) is 0 Å². The van der Waals surface area contributed by atoms with Gasteiger partial charge in [0.25, 0.3) is 0 Å². The normalized spacial score (nSPS) is 14.5. The van der Waals surface area contributed by atoms with Crippen LogP contribution in [0, 0.1) is 11.3 Å². The highest BCUT2D eigenvalue weighted by Gasteiger charge is 2.13. The van der Waals surface area contributed by atoms with Crippen molar-refractivity contribution in [1.29, 1.82) is 0 Å². The van der Waals surface area contributed by atoms with Crippen LogP contribution in [0.1, 0.15) is 73.1 Å². The fraction of sp³-hybridized carbons (Fsp3) is 1.00. The molecule has 0 amide bonds. The molecule has 0 heterocycles. The Hall–Kier alpha value is 0. The van der Waals surface area contributed by atoms with Gasteiger partial charge in [0, 0.05) is 0 Å². The lowest BCUT2D eigenvalue weighted by molar-refractivity contribution is 0.305. The Morgan fingerprint density at radius 3 is 2.00 bits per heavy atom. The monoisotopic (exact) mass is 184 g/mol. The third-order valence-electron chi connectivity index (χ3n) is 2.85. The maximum Gasteiger partial charge on any atom is -0.0383 e. The highest BCUT2D eigenvalue weighted by atomic mass is 14.2.